The number of amides is 1. The lowest BCUT2D eigenvalue weighted by atomic mass is 9.94. The van der Waals surface area contributed by atoms with Crippen LogP contribution in [0.15, 0.2) is 101 Å². The Labute approximate surface area is 221 Å². The van der Waals surface area contributed by atoms with Gasteiger partial charge in [0.25, 0.3) is 11.7 Å². The monoisotopic (exact) mass is 507 g/mol. The molecule has 0 bridgehead atoms. The lowest BCUT2D eigenvalue weighted by Gasteiger charge is -2.24. The Hall–Kier alpha value is -4.58. The van der Waals surface area contributed by atoms with Crippen molar-refractivity contribution in [3.05, 3.63) is 130 Å². The molecule has 2 heterocycles. The van der Waals surface area contributed by atoms with E-state index in [-0.39, 0.29) is 17.9 Å². The third-order valence-corrected chi connectivity index (χ3v) is 6.77. The van der Waals surface area contributed by atoms with Crippen LogP contribution < -0.4 is 4.74 Å². The molecule has 0 spiro atoms. The molecule has 0 radical (unpaired) electrons. The molecule has 1 fully saturated rings. The summed E-state index contributed by atoms with van der Waals surface area (Å²) in [5, 5.41) is 11.3. The van der Waals surface area contributed by atoms with Crippen molar-refractivity contribution >= 4 is 17.4 Å². The molecule has 5 rings (SSSR count). The second kappa shape index (κ2) is 10.8. The number of nitrogens with zero attached hydrogens (tertiary/aromatic N) is 1. The zero-order chi connectivity index (χ0) is 26.6. The summed E-state index contributed by atoms with van der Waals surface area (Å²) in [4.78, 5) is 27.9. The van der Waals surface area contributed by atoms with Crippen LogP contribution in [0.25, 0.3) is 5.76 Å². The number of carbonyl (C=O) groups excluding carboxylic acids is 2. The number of hydrogen-bond donors (Lipinski definition) is 1. The average Bonchev–Trinajstić information content (AvgIpc) is 3.54. The van der Waals surface area contributed by atoms with Gasteiger partial charge in [0, 0.05) is 5.56 Å². The van der Waals surface area contributed by atoms with Crippen LogP contribution in [0.1, 0.15) is 46.5 Å². The van der Waals surface area contributed by atoms with Crippen molar-refractivity contribution in [3.8, 4) is 5.75 Å². The Morgan fingerprint density at radius 1 is 0.947 bits per heavy atom. The fourth-order valence-corrected chi connectivity index (χ4v) is 4.73. The highest BCUT2D eigenvalue weighted by molar-refractivity contribution is 6.46. The van der Waals surface area contributed by atoms with Gasteiger partial charge in [-0.05, 0) is 66.4 Å². The molecule has 1 aliphatic rings. The summed E-state index contributed by atoms with van der Waals surface area (Å²) in [5.74, 6) is -0.436. The molecule has 3 aromatic carbocycles. The van der Waals surface area contributed by atoms with Gasteiger partial charge in [-0.15, -0.1) is 0 Å². The third kappa shape index (κ3) is 5.11. The van der Waals surface area contributed by atoms with E-state index in [0.717, 1.165) is 28.7 Å². The van der Waals surface area contributed by atoms with Crippen molar-refractivity contribution in [1.29, 1.82) is 0 Å². The minimum absolute atomic E-state index is 0.0548. The minimum atomic E-state index is -0.747. The van der Waals surface area contributed by atoms with Gasteiger partial charge in [0.15, 0.2) is 0 Å². The fourth-order valence-electron chi connectivity index (χ4n) is 4.73. The zero-order valence-electron chi connectivity index (χ0n) is 21.4. The molecule has 6 heteroatoms. The number of ketones is 1. The maximum Gasteiger partial charge on any atom is 0.296 e. The van der Waals surface area contributed by atoms with E-state index in [1.165, 1.54) is 11.2 Å². The van der Waals surface area contributed by atoms with Gasteiger partial charge in [-0.1, -0.05) is 61.0 Å². The molecule has 1 aromatic heterocycles. The van der Waals surface area contributed by atoms with Crippen LogP contribution in [0.5, 0.6) is 5.75 Å². The quantitative estimate of drug-likeness (QED) is 0.171. The molecule has 4 aromatic rings. The van der Waals surface area contributed by atoms with Gasteiger partial charge in [-0.2, -0.15) is 0 Å². The molecule has 1 saturated heterocycles. The largest absolute Gasteiger partial charge is 0.507 e. The SMILES string of the molecule is CCc1ccc([C@H]2C(=C(O)c3ccc(OCc4cccc(C)c4)cc3)C(=O)C(=O)N2Cc2ccco2)cc1. The maximum absolute atomic E-state index is 13.3. The van der Waals surface area contributed by atoms with Crippen LogP contribution in [0, 0.1) is 6.92 Å². The predicted molar refractivity (Wildman–Crippen MR) is 144 cm³/mol. The number of Topliss-reactive ketones (excluding diaryl/α,β-unsaturated/α-hetero) is 1. The number of aryl methyl sites for hydroxylation is 2. The third-order valence-electron chi connectivity index (χ3n) is 6.77. The molecule has 38 heavy (non-hydrogen) atoms. The van der Waals surface area contributed by atoms with Crippen LogP contribution in [0.4, 0.5) is 0 Å². The number of aliphatic hydroxyl groups is 1. The van der Waals surface area contributed by atoms with E-state index in [2.05, 4.69) is 13.0 Å². The fraction of sp³-hybridized carbons (Fsp3) is 0.188. The van der Waals surface area contributed by atoms with Crippen molar-refractivity contribution < 1.29 is 23.8 Å². The summed E-state index contributed by atoms with van der Waals surface area (Å²) in [5.41, 5.74) is 4.58. The summed E-state index contributed by atoms with van der Waals surface area (Å²) in [7, 11) is 0. The summed E-state index contributed by atoms with van der Waals surface area (Å²) in [6, 6.07) is 25.5. The van der Waals surface area contributed by atoms with E-state index in [1.54, 1.807) is 36.4 Å². The van der Waals surface area contributed by atoms with Crippen LogP contribution in [-0.2, 0) is 29.2 Å². The van der Waals surface area contributed by atoms with E-state index in [4.69, 9.17) is 9.15 Å². The number of rotatable bonds is 8. The van der Waals surface area contributed by atoms with Gasteiger partial charge in [-0.3, -0.25) is 9.59 Å². The van der Waals surface area contributed by atoms with Crippen LogP contribution in [0.3, 0.4) is 0 Å². The van der Waals surface area contributed by atoms with Crippen molar-refractivity contribution in [1.82, 2.24) is 4.90 Å². The highest BCUT2D eigenvalue weighted by Crippen LogP contribution is 2.40. The van der Waals surface area contributed by atoms with Gasteiger partial charge in [-0.25, -0.2) is 0 Å². The highest BCUT2D eigenvalue weighted by Gasteiger charge is 2.46. The molecule has 0 unspecified atom stereocenters. The second-order valence-corrected chi connectivity index (χ2v) is 9.40. The number of aliphatic hydroxyl groups excluding tert-OH is 1. The maximum atomic E-state index is 13.3. The predicted octanol–water partition coefficient (Wildman–Crippen LogP) is 6.35. The summed E-state index contributed by atoms with van der Waals surface area (Å²) in [6.07, 6.45) is 2.39. The van der Waals surface area contributed by atoms with E-state index >= 15 is 0 Å². The lowest BCUT2D eigenvalue weighted by Crippen LogP contribution is -2.29. The van der Waals surface area contributed by atoms with Crippen molar-refractivity contribution in [3.63, 3.8) is 0 Å². The Bertz CT molecular complexity index is 1470. The standard InChI is InChI=1S/C32H29NO5/c1-3-22-9-11-24(12-10-22)29-28(31(35)32(36)33(29)19-27-8-5-17-37-27)30(34)25-13-15-26(16-14-25)38-20-23-7-4-6-21(2)18-23/h4-18,29,34H,3,19-20H2,1-2H3/t29-/m0/s1. The highest BCUT2D eigenvalue weighted by atomic mass is 16.5. The average molecular weight is 508 g/mol. The van der Waals surface area contributed by atoms with Gasteiger partial charge >= 0.3 is 0 Å². The van der Waals surface area contributed by atoms with Gasteiger partial charge in [0.05, 0.1) is 24.4 Å². The number of likely N-dealkylation sites (tertiary alicyclic amines) is 1. The molecule has 0 saturated carbocycles. The first kappa shape index (κ1) is 25.1. The molecular weight excluding hydrogens is 478 g/mol. The second-order valence-electron chi connectivity index (χ2n) is 9.40. The molecule has 1 atom stereocenters. The van der Waals surface area contributed by atoms with Crippen LogP contribution >= 0.6 is 0 Å². The van der Waals surface area contributed by atoms with Gasteiger partial charge in [0.1, 0.15) is 23.9 Å². The van der Waals surface area contributed by atoms with Gasteiger partial charge < -0.3 is 19.2 Å². The molecule has 1 amide bonds. The first-order valence-corrected chi connectivity index (χ1v) is 12.6. The Morgan fingerprint density at radius 3 is 2.37 bits per heavy atom. The first-order valence-electron chi connectivity index (χ1n) is 12.6. The molecule has 1 aliphatic heterocycles. The molecule has 0 aliphatic carbocycles. The number of carbonyl (C=O) groups is 2. The van der Waals surface area contributed by atoms with Crippen LogP contribution in [-0.4, -0.2) is 21.7 Å². The van der Waals surface area contributed by atoms with Crippen molar-refractivity contribution in [2.24, 2.45) is 0 Å². The number of benzene rings is 3. The minimum Gasteiger partial charge on any atom is -0.507 e. The molecule has 192 valence electrons. The topological polar surface area (TPSA) is 80.0 Å². The summed E-state index contributed by atoms with van der Waals surface area (Å²) in [6.45, 7) is 4.62. The lowest BCUT2D eigenvalue weighted by molar-refractivity contribution is -0.140. The van der Waals surface area contributed by atoms with Gasteiger partial charge in [0.2, 0.25) is 0 Å². The van der Waals surface area contributed by atoms with Crippen molar-refractivity contribution in [2.45, 2.75) is 39.5 Å². The molecule has 6 nitrogen and oxygen atoms in total. The number of furan rings is 1. The van der Waals surface area contributed by atoms with E-state index in [9.17, 15) is 14.7 Å². The zero-order valence-corrected chi connectivity index (χ0v) is 21.4. The Balaban J connectivity index is 1.46. The summed E-state index contributed by atoms with van der Waals surface area (Å²) >= 11 is 0. The van der Waals surface area contributed by atoms with E-state index < -0.39 is 17.7 Å². The first-order chi connectivity index (χ1) is 18.4. The number of ether oxygens (including phenoxy) is 1. The van der Waals surface area contributed by atoms with Crippen LogP contribution in [0.2, 0.25) is 0 Å². The summed E-state index contributed by atoms with van der Waals surface area (Å²) < 4.78 is 11.4. The Kier molecular flexibility index (Phi) is 7.13. The van der Waals surface area contributed by atoms with E-state index in [1.807, 2.05) is 49.4 Å². The van der Waals surface area contributed by atoms with Crippen molar-refractivity contribution in [2.75, 3.05) is 0 Å². The number of hydrogen-bond acceptors (Lipinski definition) is 5. The smallest absolute Gasteiger partial charge is 0.296 e. The normalized spacial score (nSPS) is 16.7. The molecule has 1 N–H and O–H groups in total. The molecular formula is C32H29NO5. The Morgan fingerprint density at radius 2 is 1.71 bits per heavy atom. The van der Waals surface area contributed by atoms with E-state index in [0.29, 0.717) is 23.7 Å².